The summed E-state index contributed by atoms with van der Waals surface area (Å²) in [5.41, 5.74) is 2.28. The summed E-state index contributed by atoms with van der Waals surface area (Å²) in [4.78, 5) is 13.3. The highest BCUT2D eigenvalue weighted by Crippen LogP contribution is 2.25. The Morgan fingerprint density at radius 1 is 0.917 bits per heavy atom. The topological polar surface area (TPSA) is 29.1 Å². The molecule has 0 aromatic heterocycles. The van der Waals surface area contributed by atoms with E-state index in [1.54, 1.807) is 19.1 Å². The van der Waals surface area contributed by atoms with Gasteiger partial charge in [-0.2, -0.15) is 0 Å². The van der Waals surface area contributed by atoms with Gasteiger partial charge in [0.05, 0.1) is 5.56 Å². The number of nitrogens with one attached hydrogen (secondary N) is 1. The van der Waals surface area contributed by atoms with Crippen LogP contribution in [-0.4, -0.2) is 5.91 Å². The van der Waals surface area contributed by atoms with Crippen LogP contribution in [0, 0.1) is 12.7 Å². The Labute approximate surface area is 144 Å². The Morgan fingerprint density at radius 2 is 1.54 bits per heavy atom. The zero-order valence-electron chi connectivity index (χ0n) is 13.1. The summed E-state index contributed by atoms with van der Waals surface area (Å²) in [5, 5.41) is 0. The largest absolute Gasteiger partial charge is 0.292 e. The van der Waals surface area contributed by atoms with Crippen LogP contribution in [0.25, 0.3) is 11.1 Å². The van der Waals surface area contributed by atoms with E-state index in [1.807, 2.05) is 60.7 Å². The molecule has 3 rings (SSSR count). The molecule has 0 saturated carbocycles. The van der Waals surface area contributed by atoms with Crippen LogP contribution in [0.1, 0.15) is 15.9 Å². The van der Waals surface area contributed by atoms with Crippen LogP contribution in [0.2, 0.25) is 0 Å². The molecule has 24 heavy (non-hydrogen) atoms. The number of amides is 1. The Morgan fingerprint density at radius 3 is 2.21 bits per heavy atom. The number of halogens is 1. The van der Waals surface area contributed by atoms with Gasteiger partial charge in [0.2, 0.25) is 0 Å². The van der Waals surface area contributed by atoms with Crippen LogP contribution >= 0.6 is 11.9 Å². The van der Waals surface area contributed by atoms with Gasteiger partial charge in [0.15, 0.2) is 0 Å². The molecule has 3 aromatic rings. The van der Waals surface area contributed by atoms with Crippen LogP contribution in [0.4, 0.5) is 4.39 Å². The number of rotatable bonds is 4. The molecule has 2 nitrogen and oxygen atoms in total. The molecule has 3 aromatic carbocycles. The Hall–Kier alpha value is -2.59. The highest BCUT2D eigenvalue weighted by molar-refractivity contribution is 7.98. The van der Waals surface area contributed by atoms with Crippen molar-refractivity contribution in [2.24, 2.45) is 0 Å². The van der Waals surface area contributed by atoms with E-state index in [-0.39, 0.29) is 5.56 Å². The fourth-order valence-electron chi connectivity index (χ4n) is 2.38. The highest BCUT2D eigenvalue weighted by atomic mass is 32.2. The molecule has 0 saturated heterocycles. The lowest BCUT2D eigenvalue weighted by molar-refractivity contribution is 0.0980. The van der Waals surface area contributed by atoms with E-state index in [0.717, 1.165) is 16.0 Å². The maximum absolute atomic E-state index is 14.4. The van der Waals surface area contributed by atoms with Gasteiger partial charge in [-0.25, -0.2) is 4.39 Å². The average Bonchev–Trinajstić information content (AvgIpc) is 2.63. The van der Waals surface area contributed by atoms with Crippen molar-refractivity contribution in [1.29, 1.82) is 0 Å². The third-order valence-corrected chi connectivity index (χ3v) is 4.41. The van der Waals surface area contributed by atoms with Crippen molar-refractivity contribution in [3.05, 3.63) is 89.7 Å². The van der Waals surface area contributed by atoms with Gasteiger partial charge in [0.1, 0.15) is 5.82 Å². The third-order valence-electron chi connectivity index (χ3n) is 3.61. The highest BCUT2D eigenvalue weighted by Gasteiger charge is 2.16. The van der Waals surface area contributed by atoms with E-state index in [2.05, 4.69) is 4.72 Å². The lowest BCUT2D eigenvalue weighted by Crippen LogP contribution is -2.18. The monoisotopic (exact) mass is 337 g/mol. The normalized spacial score (nSPS) is 10.4. The lowest BCUT2D eigenvalue weighted by Gasteiger charge is -2.10. The predicted octanol–water partition coefficient (Wildman–Crippen LogP) is 5.24. The molecule has 0 fully saturated rings. The smallest absolute Gasteiger partial charge is 0.264 e. The van der Waals surface area contributed by atoms with Gasteiger partial charge in [-0.1, -0.05) is 48.5 Å². The van der Waals surface area contributed by atoms with Gasteiger partial charge in [-0.15, -0.1) is 0 Å². The zero-order valence-corrected chi connectivity index (χ0v) is 13.9. The molecule has 0 unspecified atom stereocenters. The van der Waals surface area contributed by atoms with Gasteiger partial charge < -0.3 is 0 Å². The minimum absolute atomic E-state index is 0.0530. The predicted molar refractivity (Wildman–Crippen MR) is 96.3 cm³/mol. The number of hydrogen-bond donors (Lipinski definition) is 1. The maximum atomic E-state index is 14.4. The first-order chi connectivity index (χ1) is 11.6. The molecule has 0 aliphatic rings. The average molecular weight is 337 g/mol. The first kappa shape index (κ1) is 16.3. The van der Waals surface area contributed by atoms with Crippen LogP contribution in [0.5, 0.6) is 0 Å². The summed E-state index contributed by atoms with van der Waals surface area (Å²) in [6.45, 7) is 1.67. The molecule has 0 atom stereocenters. The molecule has 0 radical (unpaired) electrons. The minimum atomic E-state index is -0.485. The molecular weight excluding hydrogens is 321 g/mol. The van der Waals surface area contributed by atoms with Crippen LogP contribution in [0.3, 0.4) is 0 Å². The Balaban J connectivity index is 1.86. The fraction of sp³-hybridized carbons (Fsp3) is 0.0500. The number of benzene rings is 3. The zero-order chi connectivity index (χ0) is 16.9. The first-order valence-electron chi connectivity index (χ1n) is 7.53. The molecule has 1 amide bonds. The molecule has 120 valence electrons. The number of carbonyl (C=O) groups is 1. The second-order valence-electron chi connectivity index (χ2n) is 5.37. The van der Waals surface area contributed by atoms with Crippen molar-refractivity contribution in [3.8, 4) is 11.1 Å². The molecule has 0 bridgehead atoms. The summed E-state index contributed by atoms with van der Waals surface area (Å²) in [6, 6.07) is 22.4. The second-order valence-corrected chi connectivity index (χ2v) is 6.25. The van der Waals surface area contributed by atoms with E-state index in [0.29, 0.717) is 5.56 Å². The van der Waals surface area contributed by atoms with Gasteiger partial charge >= 0.3 is 0 Å². The summed E-state index contributed by atoms with van der Waals surface area (Å²) < 4.78 is 17.1. The van der Waals surface area contributed by atoms with E-state index in [9.17, 15) is 9.18 Å². The maximum Gasteiger partial charge on any atom is 0.264 e. The molecular formula is C20H16FNOS. The van der Waals surface area contributed by atoms with Gasteiger partial charge in [0, 0.05) is 4.90 Å². The van der Waals surface area contributed by atoms with E-state index >= 15 is 0 Å². The second kappa shape index (κ2) is 7.32. The van der Waals surface area contributed by atoms with Crippen molar-refractivity contribution >= 4 is 17.9 Å². The quantitative estimate of drug-likeness (QED) is 0.660. The SMILES string of the molecule is Cc1cc(-c2ccccc2)cc(C(=O)NSc2ccccc2)c1F. The summed E-state index contributed by atoms with van der Waals surface area (Å²) in [7, 11) is 0. The number of hydrogen-bond acceptors (Lipinski definition) is 2. The molecule has 4 heteroatoms. The first-order valence-corrected chi connectivity index (χ1v) is 8.34. The number of aryl methyl sites for hydroxylation is 1. The van der Waals surface area contributed by atoms with Crippen LogP contribution < -0.4 is 4.72 Å². The summed E-state index contributed by atoms with van der Waals surface area (Å²) in [6.07, 6.45) is 0. The number of carbonyl (C=O) groups excluding carboxylic acids is 1. The van der Waals surface area contributed by atoms with Crippen molar-refractivity contribution < 1.29 is 9.18 Å². The molecule has 1 N–H and O–H groups in total. The Kier molecular flexibility index (Phi) is 4.96. The van der Waals surface area contributed by atoms with Crippen LogP contribution in [-0.2, 0) is 0 Å². The van der Waals surface area contributed by atoms with Crippen molar-refractivity contribution in [2.75, 3.05) is 0 Å². The van der Waals surface area contributed by atoms with Crippen LogP contribution in [0.15, 0.2) is 77.7 Å². The van der Waals surface area contributed by atoms with E-state index in [4.69, 9.17) is 0 Å². The van der Waals surface area contributed by atoms with Crippen molar-refractivity contribution in [2.45, 2.75) is 11.8 Å². The summed E-state index contributed by atoms with van der Waals surface area (Å²) in [5.74, 6) is -0.928. The van der Waals surface area contributed by atoms with E-state index < -0.39 is 11.7 Å². The fourth-order valence-corrected chi connectivity index (χ4v) is 2.99. The Bertz CT molecular complexity index is 850. The standard InChI is InChI=1S/C20H16FNOS/c1-14-12-16(15-8-4-2-5-9-15)13-18(19(14)21)20(23)22-24-17-10-6-3-7-11-17/h2-13H,1H3,(H,22,23). The summed E-state index contributed by atoms with van der Waals surface area (Å²) >= 11 is 1.17. The lowest BCUT2D eigenvalue weighted by atomic mass is 9.99. The van der Waals surface area contributed by atoms with Crippen molar-refractivity contribution in [3.63, 3.8) is 0 Å². The van der Waals surface area contributed by atoms with Gasteiger partial charge in [-0.05, 0) is 59.8 Å². The van der Waals surface area contributed by atoms with Crippen molar-refractivity contribution in [1.82, 2.24) is 4.72 Å². The third kappa shape index (κ3) is 3.66. The van der Waals surface area contributed by atoms with Gasteiger partial charge in [-0.3, -0.25) is 9.52 Å². The minimum Gasteiger partial charge on any atom is -0.292 e. The molecule has 0 heterocycles. The van der Waals surface area contributed by atoms with Gasteiger partial charge in [0.25, 0.3) is 5.91 Å². The molecule has 0 aliphatic carbocycles. The molecule has 0 aliphatic heterocycles. The van der Waals surface area contributed by atoms with E-state index in [1.165, 1.54) is 11.9 Å². The molecule has 0 spiro atoms.